The minimum Gasteiger partial charge on any atom is -0.549 e. The van der Waals surface area contributed by atoms with Crippen LogP contribution in [0.3, 0.4) is 0 Å². The molecule has 1 aliphatic rings. The van der Waals surface area contributed by atoms with E-state index in [0.717, 1.165) is 5.39 Å². The SMILES string of the molecule is O=C([O-])[C@@H]1c2cccc3cccc(c23)[C@H]1C(=O)[O-]. The Kier molecular flexibility index (Phi) is 2.13. The van der Waals surface area contributed by atoms with E-state index in [-0.39, 0.29) is 0 Å². The first kappa shape index (κ1) is 10.8. The molecule has 0 fully saturated rings. The molecule has 0 unspecified atom stereocenters. The molecular weight excluding hydrogens is 232 g/mol. The molecule has 0 radical (unpaired) electrons. The molecule has 0 amide bonds. The molecular formula is C14H8O4-2. The van der Waals surface area contributed by atoms with Gasteiger partial charge in [-0.2, -0.15) is 0 Å². The van der Waals surface area contributed by atoms with Gasteiger partial charge in [-0.05, 0) is 21.9 Å². The van der Waals surface area contributed by atoms with E-state index in [2.05, 4.69) is 0 Å². The highest BCUT2D eigenvalue weighted by Gasteiger charge is 2.35. The molecule has 0 saturated heterocycles. The lowest BCUT2D eigenvalue weighted by Gasteiger charge is -2.23. The molecule has 0 aromatic heterocycles. The van der Waals surface area contributed by atoms with Crippen molar-refractivity contribution in [3.63, 3.8) is 0 Å². The maximum Gasteiger partial charge on any atom is 0.0499 e. The van der Waals surface area contributed by atoms with Gasteiger partial charge >= 0.3 is 0 Å². The van der Waals surface area contributed by atoms with Crippen LogP contribution in [0, 0.1) is 0 Å². The Morgan fingerprint density at radius 3 is 1.67 bits per heavy atom. The summed E-state index contributed by atoms with van der Waals surface area (Å²) in [5.74, 6) is -5.10. The van der Waals surface area contributed by atoms with Gasteiger partial charge in [0.05, 0.1) is 0 Å². The Bertz CT molecular complexity index is 620. The summed E-state index contributed by atoms with van der Waals surface area (Å²) in [5, 5.41) is 24.0. The van der Waals surface area contributed by atoms with Gasteiger partial charge in [-0.1, -0.05) is 36.4 Å². The van der Waals surface area contributed by atoms with Gasteiger partial charge in [0.2, 0.25) is 0 Å². The normalized spacial score (nSPS) is 21.1. The third kappa shape index (κ3) is 1.26. The summed E-state index contributed by atoms with van der Waals surface area (Å²) < 4.78 is 0. The van der Waals surface area contributed by atoms with Gasteiger partial charge in [-0.15, -0.1) is 0 Å². The summed E-state index contributed by atoms with van der Waals surface area (Å²) >= 11 is 0. The molecule has 2 aromatic carbocycles. The van der Waals surface area contributed by atoms with Gasteiger partial charge in [0.15, 0.2) is 0 Å². The van der Waals surface area contributed by atoms with Crippen LogP contribution in [0.25, 0.3) is 10.8 Å². The summed E-state index contributed by atoms with van der Waals surface area (Å²) in [5.41, 5.74) is 0.995. The fourth-order valence-electron chi connectivity index (χ4n) is 2.80. The monoisotopic (exact) mass is 240 g/mol. The van der Waals surface area contributed by atoms with E-state index in [1.54, 1.807) is 24.3 Å². The van der Waals surface area contributed by atoms with E-state index in [9.17, 15) is 19.8 Å². The van der Waals surface area contributed by atoms with Crippen molar-refractivity contribution in [1.29, 1.82) is 0 Å². The van der Waals surface area contributed by atoms with Gasteiger partial charge in [-0.3, -0.25) is 0 Å². The average molecular weight is 240 g/mol. The van der Waals surface area contributed by atoms with Crippen LogP contribution in [-0.2, 0) is 9.59 Å². The van der Waals surface area contributed by atoms with Gasteiger partial charge < -0.3 is 19.8 Å². The molecule has 1 aliphatic carbocycles. The summed E-state index contributed by atoms with van der Waals surface area (Å²) in [6.45, 7) is 0. The Morgan fingerprint density at radius 1 is 0.833 bits per heavy atom. The summed E-state index contributed by atoms with van der Waals surface area (Å²) in [6, 6.07) is 10.4. The van der Waals surface area contributed by atoms with Crippen LogP contribution in [0.2, 0.25) is 0 Å². The van der Waals surface area contributed by atoms with E-state index in [1.807, 2.05) is 12.1 Å². The zero-order valence-corrected chi connectivity index (χ0v) is 9.25. The number of aliphatic carboxylic acids is 2. The predicted molar refractivity (Wildman–Crippen MR) is 59.4 cm³/mol. The maximum atomic E-state index is 11.2. The van der Waals surface area contributed by atoms with Crippen molar-refractivity contribution in [3.8, 4) is 0 Å². The molecule has 18 heavy (non-hydrogen) atoms. The van der Waals surface area contributed by atoms with Gasteiger partial charge in [0, 0.05) is 23.8 Å². The molecule has 0 aliphatic heterocycles. The summed E-state index contributed by atoms with van der Waals surface area (Å²) in [7, 11) is 0. The fraction of sp³-hybridized carbons (Fsp3) is 0.143. The van der Waals surface area contributed by atoms with Crippen molar-refractivity contribution in [2.75, 3.05) is 0 Å². The smallest absolute Gasteiger partial charge is 0.0499 e. The standard InChI is InChI=1S/C14H10O4/c15-13(16)11-8-5-1-3-7-4-2-6-9(10(7)8)12(11)14(17)18/h1-6,11-12H,(H,15,16)(H,17,18)/p-2/t11-,12-/m1/s1. The van der Waals surface area contributed by atoms with Crippen molar-refractivity contribution in [2.45, 2.75) is 11.8 Å². The second-order valence-corrected chi connectivity index (χ2v) is 4.39. The van der Waals surface area contributed by atoms with Gasteiger partial charge in [0.1, 0.15) is 0 Å². The molecule has 0 saturated carbocycles. The van der Waals surface area contributed by atoms with Gasteiger partial charge in [0.25, 0.3) is 0 Å². The molecule has 4 heteroatoms. The van der Waals surface area contributed by atoms with Crippen LogP contribution < -0.4 is 10.2 Å². The Morgan fingerprint density at radius 2 is 1.28 bits per heavy atom. The van der Waals surface area contributed by atoms with Crippen molar-refractivity contribution < 1.29 is 19.8 Å². The molecule has 2 aromatic rings. The predicted octanol–water partition coefficient (Wildman–Crippen LogP) is -0.480. The van der Waals surface area contributed by atoms with Crippen molar-refractivity contribution in [3.05, 3.63) is 47.5 Å². The van der Waals surface area contributed by atoms with Crippen molar-refractivity contribution in [2.24, 2.45) is 0 Å². The zero-order valence-electron chi connectivity index (χ0n) is 9.25. The number of rotatable bonds is 2. The van der Waals surface area contributed by atoms with Crippen LogP contribution in [0.15, 0.2) is 36.4 Å². The topological polar surface area (TPSA) is 80.3 Å². The quantitative estimate of drug-likeness (QED) is 0.710. The molecule has 4 nitrogen and oxygen atoms in total. The lowest BCUT2D eigenvalue weighted by atomic mass is 9.90. The summed E-state index contributed by atoms with van der Waals surface area (Å²) in [4.78, 5) is 22.4. The highest BCUT2D eigenvalue weighted by Crippen LogP contribution is 2.46. The van der Waals surface area contributed by atoms with Crippen molar-refractivity contribution in [1.82, 2.24) is 0 Å². The number of benzene rings is 2. The Hall–Kier alpha value is -2.36. The average Bonchev–Trinajstić information content (AvgIpc) is 2.67. The Labute approximate surface area is 102 Å². The van der Waals surface area contributed by atoms with Gasteiger partial charge in [-0.25, -0.2) is 0 Å². The number of hydrogen-bond donors (Lipinski definition) is 0. The number of hydrogen-bond acceptors (Lipinski definition) is 4. The molecule has 2 atom stereocenters. The third-order valence-corrected chi connectivity index (χ3v) is 3.48. The first-order valence-corrected chi connectivity index (χ1v) is 5.54. The maximum absolute atomic E-state index is 11.2. The molecule has 0 bridgehead atoms. The van der Waals surface area contributed by atoms with Crippen LogP contribution in [0.5, 0.6) is 0 Å². The van der Waals surface area contributed by atoms with E-state index in [4.69, 9.17) is 0 Å². The van der Waals surface area contributed by atoms with Crippen molar-refractivity contribution >= 4 is 22.7 Å². The molecule has 3 rings (SSSR count). The van der Waals surface area contributed by atoms with E-state index in [0.29, 0.717) is 16.5 Å². The number of carboxylic acid groups (broad SMARTS) is 2. The Balaban J connectivity index is 2.38. The van der Waals surface area contributed by atoms with Crippen LogP contribution >= 0.6 is 0 Å². The number of carbonyl (C=O) groups excluding carboxylic acids is 2. The van der Waals surface area contributed by atoms with Crippen LogP contribution in [0.4, 0.5) is 0 Å². The lowest BCUT2D eigenvalue weighted by Crippen LogP contribution is -2.39. The largest absolute Gasteiger partial charge is 0.549 e. The highest BCUT2D eigenvalue weighted by molar-refractivity contribution is 6.02. The zero-order chi connectivity index (χ0) is 12.9. The molecule has 0 spiro atoms. The second kappa shape index (κ2) is 3.57. The number of carbonyl (C=O) groups is 2. The van der Waals surface area contributed by atoms with E-state index in [1.165, 1.54) is 0 Å². The first-order chi connectivity index (χ1) is 8.61. The minimum absolute atomic E-state index is 0.498. The highest BCUT2D eigenvalue weighted by atomic mass is 16.4. The molecule has 0 N–H and O–H groups in total. The van der Waals surface area contributed by atoms with E-state index < -0.39 is 23.8 Å². The minimum atomic E-state index is -1.38. The van der Waals surface area contributed by atoms with Crippen LogP contribution in [0.1, 0.15) is 23.0 Å². The van der Waals surface area contributed by atoms with E-state index >= 15 is 0 Å². The fourth-order valence-corrected chi connectivity index (χ4v) is 2.80. The molecule has 90 valence electrons. The summed E-state index contributed by atoms with van der Waals surface area (Å²) in [6.07, 6.45) is 0. The third-order valence-electron chi connectivity index (χ3n) is 3.48. The molecule has 0 heterocycles. The first-order valence-electron chi connectivity index (χ1n) is 5.54. The number of carboxylic acids is 2. The second-order valence-electron chi connectivity index (χ2n) is 4.39. The lowest BCUT2D eigenvalue weighted by molar-refractivity contribution is -0.319. The van der Waals surface area contributed by atoms with Crippen LogP contribution in [-0.4, -0.2) is 11.9 Å².